The molecule has 4 atom stereocenters. The van der Waals surface area contributed by atoms with Crippen LogP contribution in [0.15, 0.2) is 47.0 Å². The van der Waals surface area contributed by atoms with Crippen LogP contribution < -0.4 is 5.32 Å². The fraction of sp³-hybridized carbons (Fsp3) is 0.630. The van der Waals surface area contributed by atoms with Crippen LogP contribution in [0.1, 0.15) is 40.0 Å². The summed E-state index contributed by atoms with van der Waals surface area (Å²) in [7, 11) is 3.43. The largest absolute Gasteiger partial charge is 0.501 e. The van der Waals surface area contributed by atoms with E-state index in [1.54, 1.807) is 14.2 Å². The third kappa shape index (κ3) is 3.68. The summed E-state index contributed by atoms with van der Waals surface area (Å²) in [6.45, 7) is 8.79. The second kappa shape index (κ2) is 9.04. The van der Waals surface area contributed by atoms with E-state index in [-0.39, 0.29) is 41.5 Å². The normalized spacial score (nSPS) is 31.7. The molecule has 0 radical (unpaired) electrons. The minimum absolute atomic E-state index is 0.0564. The van der Waals surface area contributed by atoms with Gasteiger partial charge >= 0.3 is 6.03 Å². The van der Waals surface area contributed by atoms with Gasteiger partial charge in [-0.05, 0) is 43.2 Å². The molecule has 1 spiro atoms. The van der Waals surface area contributed by atoms with Crippen molar-refractivity contribution < 1.29 is 19.1 Å². The van der Waals surface area contributed by atoms with Crippen molar-refractivity contribution in [3.63, 3.8) is 0 Å². The van der Waals surface area contributed by atoms with Crippen LogP contribution in [0.3, 0.4) is 0 Å². The van der Waals surface area contributed by atoms with Gasteiger partial charge < -0.3 is 24.6 Å². The number of amides is 3. The number of nitrogens with one attached hydrogen (secondary N) is 1. The average Bonchev–Trinajstić information content (AvgIpc) is 3.32. The molecule has 4 heterocycles. The molecule has 8 nitrogen and oxygen atoms in total. The summed E-state index contributed by atoms with van der Waals surface area (Å²) in [4.78, 5) is 32.9. The van der Waals surface area contributed by atoms with Crippen LogP contribution in [-0.4, -0.2) is 84.7 Å². The van der Waals surface area contributed by atoms with Crippen LogP contribution in [-0.2, 0) is 14.3 Å². The van der Waals surface area contributed by atoms with E-state index in [2.05, 4.69) is 38.2 Å². The fourth-order valence-electron chi connectivity index (χ4n) is 6.76. The highest BCUT2D eigenvalue weighted by atomic mass is 16.5. The van der Waals surface area contributed by atoms with E-state index < -0.39 is 0 Å². The van der Waals surface area contributed by atoms with Crippen LogP contribution in [0.5, 0.6) is 0 Å². The van der Waals surface area contributed by atoms with E-state index in [1.807, 2.05) is 27.0 Å². The van der Waals surface area contributed by atoms with Crippen LogP contribution in [0.25, 0.3) is 0 Å². The second-order valence-electron chi connectivity index (χ2n) is 10.4. The number of fused-ring (bicyclic) bond motifs is 2. The van der Waals surface area contributed by atoms with Gasteiger partial charge in [-0.3, -0.25) is 9.69 Å². The minimum Gasteiger partial charge on any atom is -0.501 e. The molecule has 1 N–H and O–H groups in total. The number of hydrogen-bond donors (Lipinski definition) is 1. The highest BCUT2D eigenvalue weighted by Crippen LogP contribution is 2.47. The van der Waals surface area contributed by atoms with Crippen molar-refractivity contribution in [2.24, 2.45) is 11.8 Å². The zero-order chi connectivity index (χ0) is 24.9. The Morgan fingerprint density at radius 1 is 1.23 bits per heavy atom. The summed E-state index contributed by atoms with van der Waals surface area (Å²) < 4.78 is 11.5. The first-order valence-electron chi connectivity index (χ1n) is 12.9. The first-order chi connectivity index (χ1) is 16.8. The van der Waals surface area contributed by atoms with E-state index in [1.165, 1.54) is 5.57 Å². The van der Waals surface area contributed by atoms with Gasteiger partial charge in [0.05, 0.1) is 31.1 Å². The predicted molar refractivity (Wildman–Crippen MR) is 133 cm³/mol. The number of rotatable bonds is 4. The Morgan fingerprint density at radius 3 is 2.57 bits per heavy atom. The molecular weight excluding hydrogens is 444 g/mol. The first kappa shape index (κ1) is 24.0. The molecule has 2 unspecified atom stereocenters. The summed E-state index contributed by atoms with van der Waals surface area (Å²) in [6, 6.07) is -0.129. The topological polar surface area (TPSA) is 74.4 Å². The van der Waals surface area contributed by atoms with Gasteiger partial charge in [0, 0.05) is 50.7 Å². The highest BCUT2D eigenvalue weighted by molar-refractivity contribution is 5.85. The van der Waals surface area contributed by atoms with E-state index >= 15 is 0 Å². The lowest BCUT2D eigenvalue weighted by Crippen LogP contribution is -2.57. The molecule has 2 saturated heterocycles. The minimum atomic E-state index is -0.380. The van der Waals surface area contributed by atoms with Gasteiger partial charge in [-0.25, -0.2) is 4.79 Å². The van der Waals surface area contributed by atoms with Gasteiger partial charge in [-0.1, -0.05) is 26.0 Å². The SMILES string of the molecule is CCN1C(=O)N2CC3=C(C(OC)CC(OC)=C3)[C@@H](C)C=C2C12CCN(C(=O)C1NC=C[C@@H]1C)CC2. The molecule has 2 fully saturated rings. The molecule has 0 bridgehead atoms. The fourth-order valence-corrected chi connectivity index (χ4v) is 6.76. The maximum atomic E-state index is 13.8. The van der Waals surface area contributed by atoms with E-state index in [9.17, 15) is 9.59 Å². The summed E-state index contributed by atoms with van der Waals surface area (Å²) in [5, 5.41) is 3.21. The molecule has 8 heteroatoms. The summed E-state index contributed by atoms with van der Waals surface area (Å²) >= 11 is 0. The van der Waals surface area contributed by atoms with Crippen molar-refractivity contribution in [3.8, 4) is 0 Å². The molecule has 5 rings (SSSR count). The number of carbonyl (C=O) groups excluding carboxylic acids is 2. The molecule has 4 aliphatic heterocycles. The van der Waals surface area contributed by atoms with Crippen molar-refractivity contribution in [2.75, 3.05) is 40.4 Å². The third-order valence-corrected chi connectivity index (χ3v) is 8.65. The molecule has 0 aromatic rings. The standard InChI is InChI=1S/C27H38N4O4/c1-6-31-26(33)30-16-19-14-20(34-4)15-21(35-5)23(19)18(3)13-22(30)27(31)8-11-29(12-9-27)25(32)24-17(2)7-10-28-24/h7,10,13-14,17-18,21,24,28H,6,8-9,11-12,15-16H2,1-5H3/t17-,18-,21?,24?/m0/s1. The van der Waals surface area contributed by atoms with Gasteiger partial charge in [0.2, 0.25) is 5.91 Å². The van der Waals surface area contributed by atoms with Crippen molar-refractivity contribution >= 4 is 11.9 Å². The van der Waals surface area contributed by atoms with Crippen LogP contribution in [0, 0.1) is 11.8 Å². The Kier molecular flexibility index (Phi) is 6.20. The van der Waals surface area contributed by atoms with Crippen molar-refractivity contribution in [1.82, 2.24) is 20.0 Å². The van der Waals surface area contributed by atoms with Gasteiger partial charge in [0.1, 0.15) is 6.04 Å². The van der Waals surface area contributed by atoms with Crippen molar-refractivity contribution in [3.05, 3.63) is 47.0 Å². The number of hydrogen-bond acceptors (Lipinski definition) is 5. The first-order valence-corrected chi connectivity index (χ1v) is 12.9. The summed E-state index contributed by atoms with van der Waals surface area (Å²) in [5.41, 5.74) is 3.06. The average molecular weight is 483 g/mol. The molecular formula is C27H38N4O4. The number of urea groups is 1. The molecule has 0 saturated carbocycles. The van der Waals surface area contributed by atoms with E-state index in [4.69, 9.17) is 9.47 Å². The molecule has 5 aliphatic rings. The van der Waals surface area contributed by atoms with Gasteiger partial charge in [-0.2, -0.15) is 0 Å². The number of likely N-dealkylation sites (N-methyl/N-ethyl adjacent to an activating group) is 1. The van der Waals surface area contributed by atoms with E-state index in [0.717, 1.165) is 29.9 Å². The molecule has 3 amide bonds. The summed E-state index contributed by atoms with van der Waals surface area (Å²) in [5.74, 6) is 1.37. The van der Waals surface area contributed by atoms with Crippen molar-refractivity contribution in [1.29, 1.82) is 0 Å². The maximum absolute atomic E-state index is 13.8. The number of likely N-dealkylation sites (tertiary alicyclic amines) is 1. The van der Waals surface area contributed by atoms with Crippen LogP contribution in [0.2, 0.25) is 0 Å². The van der Waals surface area contributed by atoms with Crippen LogP contribution in [0.4, 0.5) is 4.79 Å². The van der Waals surface area contributed by atoms with Gasteiger partial charge in [0.25, 0.3) is 0 Å². The smallest absolute Gasteiger partial charge is 0.325 e. The molecule has 35 heavy (non-hydrogen) atoms. The quantitative estimate of drug-likeness (QED) is 0.667. The third-order valence-electron chi connectivity index (χ3n) is 8.65. The lowest BCUT2D eigenvalue weighted by Gasteiger charge is -2.45. The highest BCUT2D eigenvalue weighted by Gasteiger charge is 2.55. The number of ether oxygens (including phenoxy) is 2. The second-order valence-corrected chi connectivity index (χ2v) is 10.4. The lowest BCUT2D eigenvalue weighted by atomic mass is 9.80. The Bertz CT molecular complexity index is 1020. The summed E-state index contributed by atoms with van der Waals surface area (Å²) in [6.07, 6.45) is 10.5. The molecule has 0 aromatic carbocycles. The monoisotopic (exact) mass is 482 g/mol. The number of piperidine rings is 1. The maximum Gasteiger partial charge on any atom is 0.325 e. The molecule has 190 valence electrons. The van der Waals surface area contributed by atoms with Crippen LogP contribution >= 0.6 is 0 Å². The Balaban J connectivity index is 1.44. The van der Waals surface area contributed by atoms with E-state index in [0.29, 0.717) is 32.6 Å². The Labute approximate surface area is 208 Å². The lowest BCUT2D eigenvalue weighted by molar-refractivity contribution is -0.135. The predicted octanol–water partition coefficient (Wildman–Crippen LogP) is 3.01. The Morgan fingerprint density at radius 2 is 1.97 bits per heavy atom. The number of nitrogens with zero attached hydrogens (tertiary/aromatic N) is 3. The molecule has 1 aliphatic carbocycles. The zero-order valence-electron chi connectivity index (χ0n) is 21.5. The van der Waals surface area contributed by atoms with Gasteiger partial charge in [0.15, 0.2) is 0 Å². The number of allylic oxidation sites excluding steroid dienone is 1. The number of carbonyl (C=O) groups is 2. The van der Waals surface area contributed by atoms with Gasteiger partial charge in [-0.15, -0.1) is 0 Å². The molecule has 0 aromatic heterocycles. The van der Waals surface area contributed by atoms with Crippen molar-refractivity contribution in [2.45, 2.75) is 57.7 Å². The Hall–Kier alpha value is -2.74. The zero-order valence-corrected chi connectivity index (χ0v) is 21.5. The number of methoxy groups -OCH3 is 2.